The molecule has 0 radical (unpaired) electrons. The lowest BCUT2D eigenvalue weighted by atomic mass is 10.1. The highest BCUT2D eigenvalue weighted by Crippen LogP contribution is 2.28. The number of methoxy groups -OCH3 is 2. The largest absolute Gasteiger partial charge is 0.497 e. The van der Waals surface area contributed by atoms with Gasteiger partial charge in [-0.15, -0.1) is 0 Å². The van der Waals surface area contributed by atoms with Crippen molar-refractivity contribution in [3.8, 4) is 17.2 Å². The van der Waals surface area contributed by atoms with Gasteiger partial charge in [-0.3, -0.25) is 9.59 Å². The van der Waals surface area contributed by atoms with Crippen LogP contribution in [0.3, 0.4) is 0 Å². The number of esters is 1. The van der Waals surface area contributed by atoms with Gasteiger partial charge in [0.1, 0.15) is 5.75 Å². The third kappa shape index (κ3) is 7.24. The quantitative estimate of drug-likeness (QED) is 0.120. The summed E-state index contributed by atoms with van der Waals surface area (Å²) in [5.41, 5.74) is 4.56. The minimum Gasteiger partial charge on any atom is -0.497 e. The van der Waals surface area contributed by atoms with E-state index in [0.29, 0.717) is 44.5 Å². The fourth-order valence-corrected chi connectivity index (χ4v) is 3.63. The third-order valence-electron chi connectivity index (χ3n) is 5.58. The number of rotatable bonds is 9. The molecule has 2 N–H and O–H groups in total. The van der Waals surface area contributed by atoms with Crippen molar-refractivity contribution in [3.05, 3.63) is 118 Å². The zero-order chi connectivity index (χ0) is 28.5. The Kier molecular flexibility index (Phi) is 9.11. The molecule has 9 nitrogen and oxygen atoms in total. The van der Waals surface area contributed by atoms with E-state index in [2.05, 4.69) is 15.8 Å². The van der Waals surface area contributed by atoms with Crippen LogP contribution in [0.25, 0.3) is 0 Å². The molecule has 0 saturated heterocycles. The van der Waals surface area contributed by atoms with Crippen molar-refractivity contribution in [1.82, 2.24) is 5.43 Å². The van der Waals surface area contributed by atoms with Crippen LogP contribution in [-0.4, -0.2) is 38.2 Å². The second-order valence-corrected chi connectivity index (χ2v) is 8.71. The molecule has 0 heterocycles. The zero-order valence-electron chi connectivity index (χ0n) is 21.5. The number of benzene rings is 4. The van der Waals surface area contributed by atoms with Crippen molar-refractivity contribution < 1.29 is 28.6 Å². The predicted octanol–water partition coefficient (Wildman–Crippen LogP) is 5.59. The molecule has 4 rings (SSSR count). The van der Waals surface area contributed by atoms with Crippen LogP contribution in [0, 0.1) is 0 Å². The van der Waals surface area contributed by atoms with Crippen LogP contribution in [0.2, 0.25) is 5.02 Å². The van der Waals surface area contributed by atoms with E-state index in [0.717, 1.165) is 0 Å². The number of nitrogens with zero attached hydrogens (tertiary/aromatic N) is 1. The number of halogens is 1. The number of hydrogen-bond acceptors (Lipinski definition) is 7. The summed E-state index contributed by atoms with van der Waals surface area (Å²) >= 11 is 5.87. The molecule has 0 atom stereocenters. The van der Waals surface area contributed by atoms with Crippen molar-refractivity contribution >= 4 is 41.3 Å². The highest BCUT2D eigenvalue weighted by atomic mass is 35.5. The van der Waals surface area contributed by atoms with Crippen LogP contribution >= 0.6 is 11.6 Å². The standard InChI is InChI=1S/C30H24ClN3O6/c1-38-25-13-9-21(10-14-25)30(37)40-26-15-6-19(16-27(26)39-2)18-32-34-29(36)22-4-3-5-24(17-22)33-28(35)20-7-11-23(31)12-8-20/h3-18H,1-2H3,(H,33,35)(H,34,36). The minimum atomic E-state index is -0.554. The zero-order valence-corrected chi connectivity index (χ0v) is 22.3. The summed E-state index contributed by atoms with van der Waals surface area (Å²) in [7, 11) is 2.99. The summed E-state index contributed by atoms with van der Waals surface area (Å²) in [4.78, 5) is 37.6. The summed E-state index contributed by atoms with van der Waals surface area (Å²) in [6.07, 6.45) is 1.42. The number of hydrazone groups is 1. The fraction of sp³-hybridized carbons (Fsp3) is 0.0667. The summed E-state index contributed by atoms with van der Waals surface area (Å²) < 4.78 is 15.9. The molecule has 0 spiro atoms. The van der Waals surface area contributed by atoms with Crippen LogP contribution in [0.1, 0.15) is 36.6 Å². The number of carbonyl (C=O) groups excluding carboxylic acids is 3. The highest BCUT2D eigenvalue weighted by molar-refractivity contribution is 6.30. The van der Waals surface area contributed by atoms with Gasteiger partial charge in [0.05, 0.1) is 26.0 Å². The number of ether oxygens (including phenoxy) is 3. The van der Waals surface area contributed by atoms with E-state index in [4.69, 9.17) is 25.8 Å². The molecule has 0 aromatic heterocycles. The Labute approximate surface area is 235 Å². The number of carbonyl (C=O) groups is 3. The van der Waals surface area contributed by atoms with Gasteiger partial charge in [0, 0.05) is 21.8 Å². The molecule has 0 aliphatic heterocycles. The molecule has 2 amide bonds. The Bertz CT molecular complexity index is 1550. The molecule has 4 aromatic carbocycles. The highest BCUT2D eigenvalue weighted by Gasteiger charge is 2.13. The van der Waals surface area contributed by atoms with Gasteiger partial charge in [0.25, 0.3) is 11.8 Å². The lowest BCUT2D eigenvalue weighted by molar-refractivity contribution is 0.0729. The maximum atomic E-state index is 12.6. The Morgan fingerprint density at radius 3 is 2.17 bits per heavy atom. The first-order chi connectivity index (χ1) is 19.4. The van der Waals surface area contributed by atoms with Gasteiger partial charge in [-0.25, -0.2) is 10.2 Å². The van der Waals surface area contributed by atoms with E-state index in [1.807, 2.05) is 0 Å². The number of nitrogens with one attached hydrogen (secondary N) is 2. The first kappa shape index (κ1) is 27.9. The van der Waals surface area contributed by atoms with E-state index in [-0.39, 0.29) is 11.7 Å². The maximum absolute atomic E-state index is 12.6. The molecule has 0 aliphatic carbocycles. The lowest BCUT2D eigenvalue weighted by Gasteiger charge is -2.10. The number of amides is 2. The van der Waals surface area contributed by atoms with Crippen LogP contribution in [0.4, 0.5) is 5.69 Å². The second kappa shape index (κ2) is 13.1. The van der Waals surface area contributed by atoms with Gasteiger partial charge < -0.3 is 19.5 Å². The van der Waals surface area contributed by atoms with Gasteiger partial charge in [0.15, 0.2) is 11.5 Å². The van der Waals surface area contributed by atoms with E-state index in [9.17, 15) is 14.4 Å². The van der Waals surface area contributed by atoms with Crippen LogP contribution in [0.5, 0.6) is 17.2 Å². The molecule has 202 valence electrons. The van der Waals surface area contributed by atoms with Crippen molar-refractivity contribution in [3.63, 3.8) is 0 Å². The van der Waals surface area contributed by atoms with E-state index >= 15 is 0 Å². The van der Waals surface area contributed by atoms with Crippen LogP contribution in [-0.2, 0) is 0 Å². The Morgan fingerprint density at radius 1 is 0.750 bits per heavy atom. The van der Waals surface area contributed by atoms with Crippen molar-refractivity contribution in [2.45, 2.75) is 0 Å². The average Bonchev–Trinajstić information content (AvgIpc) is 2.98. The smallest absolute Gasteiger partial charge is 0.343 e. The summed E-state index contributed by atoms with van der Waals surface area (Å²) in [6.45, 7) is 0. The number of anilines is 1. The number of hydrogen-bond donors (Lipinski definition) is 2. The van der Waals surface area contributed by atoms with Crippen molar-refractivity contribution in [2.75, 3.05) is 19.5 Å². The van der Waals surface area contributed by atoms with E-state index < -0.39 is 11.9 Å². The van der Waals surface area contributed by atoms with Crippen molar-refractivity contribution in [2.24, 2.45) is 5.10 Å². The average molecular weight is 558 g/mol. The van der Waals surface area contributed by atoms with E-state index in [1.165, 1.54) is 26.5 Å². The topological polar surface area (TPSA) is 115 Å². The molecular weight excluding hydrogens is 534 g/mol. The normalized spacial score (nSPS) is 10.6. The van der Waals surface area contributed by atoms with Gasteiger partial charge in [-0.2, -0.15) is 5.10 Å². The van der Waals surface area contributed by atoms with Crippen LogP contribution in [0.15, 0.2) is 96.1 Å². The van der Waals surface area contributed by atoms with Gasteiger partial charge in [-0.1, -0.05) is 17.7 Å². The van der Waals surface area contributed by atoms with E-state index in [1.54, 1.807) is 84.9 Å². The van der Waals surface area contributed by atoms with Gasteiger partial charge in [-0.05, 0) is 90.5 Å². The third-order valence-corrected chi connectivity index (χ3v) is 5.84. The predicted molar refractivity (Wildman–Crippen MR) is 152 cm³/mol. The maximum Gasteiger partial charge on any atom is 0.343 e. The Morgan fingerprint density at radius 2 is 1.48 bits per heavy atom. The Hall–Kier alpha value is -5.15. The molecule has 0 unspecified atom stereocenters. The van der Waals surface area contributed by atoms with Crippen LogP contribution < -0.4 is 25.0 Å². The molecule has 4 aromatic rings. The monoisotopic (exact) mass is 557 g/mol. The Balaban J connectivity index is 1.37. The lowest BCUT2D eigenvalue weighted by Crippen LogP contribution is -2.18. The molecule has 40 heavy (non-hydrogen) atoms. The van der Waals surface area contributed by atoms with Gasteiger partial charge in [0.2, 0.25) is 0 Å². The SMILES string of the molecule is COc1ccc(C(=O)Oc2ccc(C=NNC(=O)c3cccc(NC(=O)c4ccc(Cl)cc4)c3)cc2OC)cc1. The van der Waals surface area contributed by atoms with Gasteiger partial charge >= 0.3 is 5.97 Å². The second-order valence-electron chi connectivity index (χ2n) is 8.27. The summed E-state index contributed by atoms with van der Waals surface area (Å²) in [5.74, 6) is -0.210. The molecule has 0 bridgehead atoms. The summed E-state index contributed by atoms with van der Waals surface area (Å²) in [5, 5.41) is 7.27. The first-order valence-electron chi connectivity index (χ1n) is 11.9. The molecule has 10 heteroatoms. The molecule has 0 saturated carbocycles. The molecular formula is C30H24ClN3O6. The van der Waals surface area contributed by atoms with Crippen molar-refractivity contribution in [1.29, 1.82) is 0 Å². The summed E-state index contributed by atoms with van der Waals surface area (Å²) in [6, 6.07) is 24.3. The minimum absolute atomic E-state index is 0.224. The fourth-order valence-electron chi connectivity index (χ4n) is 3.51. The molecule has 0 aliphatic rings. The first-order valence-corrected chi connectivity index (χ1v) is 12.3. The molecule has 0 fully saturated rings.